The van der Waals surface area contributed by atoms with Crippen molar-refractivity contribution in [2.75, 3.05) is 18.4 Å². The predicted molar refractivity (Wildman–Crippen MR) is 116 cm³/mol. The number of alkyl halides is 3. The van der Waals surface area contributed by atoms with Gasteiger partial charge in [-0.1, -0.05) is 17.7 Å². The number of amides is 2. The van der Waals surface area contributed by atoms with Crippen molar-refractivity contribution in [1.29, 1.82) is 0 Å². The monoisotopic (exact) mass is 520 g/mol. The summed E-state index contributed by atoms with van der Waals surface area (Å²) in [6, 6.07) is 5.89. The van der Waals surface area contributed by atoms with Gasteiger partial charge < -0.3 is 10.2 Å². The van der Waals surface area contributed by atoms with Crippen LogP contribution in [0.3, 0.4) is 0 Å². The Hall–Kier alpha value is -2.60. The Kier molecular flexibility index (Phi) is 6.41. The fourth-order valence-corrected chi connectivity index (χ4v) is 3.65. The van der Waals surface area contributed by atoms with Crippen LogP contribution in [0.4, 0.5) is 18.9 Å². The predicted octanol–water partition coefficient (Wildman–Crippen LogP) is 4.18. The van der Waals surface area contributed by atoms with Gasteiger partial charge in [-0.3, -0.25) is 14.3 Å². The van der Waals surface area contributed by atoms with Crippen molar-refractivity contribution in [2.24, 2.45) is 0 Å². The highest BCUT2D eigenvalue weighted by Crippen LogP contribution is 2.30. The minimum atomic E-state index is -4.68. The average molecular weight is 522 g/mol. The molecular weight excluding hydrogens is 508 g/mol. The maximum atomic E-state index is 12.9. The first-order valence-electron chi connectivity index (χ1n) is 9.42. The molecule has 0 atom stereocenters. The minimum Gasteiger partial charge on any atom is -0.338 e. The van der Waals surface area contributed by atoms with Gasteiger partial charge in [-0.25, -0.2) is 4.98 Å². The Balaban J connectivity index is 1.48. The van der Waals surface area contributed by atoms with E-state index in [-0.39, 0.29) is 29.2 Å². The Morgan fingerprint density at radius 1 is 1.21 bits per heavy atom. The van der Waals surface area contributed by atoms with Crippen molar-refractivity contribution >= 4 is 63.6 Å². The highest BCUT2D eigenvalue weighted by atomic mass is 35.5. The number of pyridine rings is 1. The number of anilines is 1. The van der Waals surface area contributed by atoms with Crippen molar-refractivity contribution < 1.29 is 22.8 Å². The molecule has 8 nitrogen and oxygen atoms in total. The van der Waals surface area contributed by atoms with Crippen LogP contribution in [0, 0.1) is 0 Å². The molecule has 1 saturated heterocycles. The molecule has 2 aromatic heterocycles. The molecule has 0 unspecified atom stereocenters. The van der Waals surface area contributed by atoms with Gasteiger partial charge in [0, 0.05) is 24.7 Å². The standard InChI is InChI=1S/C19H14Cl3F3N6O2/c20-12-5-14-10(6-30(28-14)9-17(32)29-7-11(8-29)31(21)22)4-15(12)27-18(33)13-2-1-3-16(26-13)19(23,24)25/h1-6,11H,7-9H2,(H,27,33). The van der Waals surface area contributed by atoms with Gasteiger partial charge in [-0.15, -0.1) is 3.94 Å². The number of halogens is 6. The van der Waals surface area contributed by atoms with Gasteiger partial charge in [0.15, 0.2) is 0 Å². The number of carbonyl (C=O) groups is 2. The number of rotatable bonds is 5. The normalized spacial score (nSPS) is 14.6. The topological polar surface area (TPSA) is 83.4 Å². The van der Waals surface area contributed by atoms with Crippen molar-refractivity contribution in [1.82, 2.24) is 23.6 Å². The molecule has 1 N–H and O–H groups in total. The Morgan fingerprint density at radius 3 is 2.61 bits per heavy atom. The maximum Gasteiger partial charge on any atom is 0.433 e. The summed E-state index contributed by atoms with van der Waals surface area (Å²) in [5.41, 5.74) is -0.963. The minimum absolute atomic E-state index is 0.0283. The van der Waals surface area contributed by atoms with Gasteiger partial charge in [0.05, 0.1) is 22.3 Å². The van der Waals surface area contributed by atoms with E-state index in [4.69, 9.17) is 35.2 Å². The summed E-state index contributed by atoms with van der Waals surface area (Å²) in [6.45, 7) is 0.774. The third-order valence-electron chi connectivity index (χ3n) is 4.95. The van der Waals surface area contributed by atoms with Crippen LogP contribution in [-0.2, 0) is 17.5 Å². The molecule has 0 saturated carbocycles. The van der Waals surface area contributed by atoms with Gasteiger partial charge in [0.25, 0.3) is 5.91 Å². The van der Waals surface area contributed by atoms with E-state index in [0.717, 1.165) is 22.1 Å². The summed E-state index contributed by atoms with van der Waals surface area (Å²) >= 11 is 17.5. The fraction of sp³-hybridized carbons (Fsp3) is 0.263. The van der Waals surface area contributed by atoms with E-state index in [1.807, 2.05) is 0 Å². The van der Waals surface area contributed by atoms with E-state index < -0.39 is 23.5 Å². The van der Waals surface area contributed by atoms with E-state index in [2.05, 4.69) is 15.4 Å². The second-order valence-corrected chi connectivity index (χ2v) is 8.60. The molecule has 3 aromatic rings. The molecule has 3 heterocycles. The zero-order valence-electron chi connectivity index (χ0n) is 16.5. The molecule has 0 radical (unpaired) electrons. The number of hydrogen-bond donors (Lipinski definition) is 1. The van der Waals surface area contributed by atoms with Crippen LogP contribution in [0.15, 0.2) is 36.5 Å². The zero-order chi connectivity index (χ0) is 23.9. The lowest BCUT2D eigenvalue weighted by atomic mass is 10.1. The molecule has 1 fully saturated rings. The van der Waals surface area contributed by atoms with Crippen LogP contribution in [0.25, 0.3) is 10.9 Å². The van der Waals surface area contributed by atoms with Gasteiger partial charge in [0.1, 0.15) is 17.9 Å². The van der Waals surface area contributed by atoms with Crippen molar-refractivity contribution in [2.45, 2.75) is 18.8 Å². The molecule has 4 rings (SSSR count). The number of benzene rings is 1. The van der Waals surface area contributed by atoms with E-state index in [1.165, 1.54) is 16.8 Å². The molecular formula is C19H14Cl3F3N6O2. The first-order chi connectivity index (χ1) is 15.5. The van der Waals surface area contributed by atoms with Crippen LogP contribution in [0.1, 0.15) is 16.2 Å². The zero-order valence-corrected chi connectivity index (χ0v) is 18.8. The fourth-order valence-electron chi connectivity index (χ4n) is 3.20. The number of carbonyl (C=O) groups excluding carboxylic acids is 2. The van der Waals surface area contributed by atoms with Crippen molar-refractivity contribution in [3.05, 3.63) is 52.9 Å². The lowest BCUT2D eigenvalue weighted by Gasteiger charge is -2.40. The Morgan fingerprint density at radius 2 is 1.94 bits per heavy atom. The molecule has 0 spiro atoms. The molecule has 0 bridgehead atoms. The number of nitrogens with one attached hydrogen (secondary N) is 1. The second kappa shape index (κ2) is 8.98. The molecule has 14 heteroatoms. The summed E-state index contributed by atoms with van der Waals surface area (Å²) in [5, 5.41) is 7.44. The molecule has 1 aliphatic rings. The smallest absolute Gasteiger partial charge is 0.338 e. The number of hydrogen-bond acceptors (Lipinski definition) is 5. The van der Waals surface area contributed by atoms with Crippen molar-refractivity contribution in [3.8, 4) is 0 Å². The highest BCUT2D eigenvalue weighted by molar-refractivity contribution is 6.35. The van der Waals surface area contributed by atoms with E-state index in [1.54, 1.807) is 11.1 Å². The van der Waals surface area contributed by atoms with E-state index >= 15 is 0 Å². The lowest BCUT2D eigenvalue weighted by molar-refractivity contribution is -0.141. The third kappa shape index (κ3) is 5.16. The Labute approximate surface area is 200 Å². The molecule has 1 aliphatic heterocycles. The summed E-state index contributed by atoms with van der Waals surface area (Å²) in [5.74, 6) is -1.03. The molecule has 0 aliphatic carbocycles. The average Bonchev–Trinajstić information content (AvgIpc) is 3.06. The summed E-state index contributed by atoms with van der Waals surface area (Å²) in [4.78, 5) is 29.7. The summed E-state index contributed by atoms with van der Waals surface area (Å²) < 4.78 is 41.0. The molecule has 33 heavy (non-hydrogen) atoms. The largest absolute Gasteiger partial charge is 0.433 e. The van der Waals surface area contributed by atoms with Gasteiger partial charge in [-0.05, 0) is 47.8 Å². The Bertz CT molecular complexity index is 1230. The van der Waals surface area contributed by atoms with Crippen molar-refractivity contribution in [3.63, 3.8) is 0 Å². The quantitative estimate of drug-likeness (QED) is 0.510. The van der Waals surface area contributed by atoms with Gasteiger partial charge >= 0.3 is 6.18 Å². The number of likely N-dealkylation sites (tertiary alicyclic amines) is 1. The first-order valence-corrected chi connectivity index (χ1v) is 10.5. The molecule has 1 aromatic carbocycles. The number of nitrogens with zero attached hydrogens (tertiary/aromatic N) is 5. The van der Waals surface area contributed by atoms with Crippen LogP contribution in [-0.4, -0.2) is 54.5 Å². The maximum absolute atomic E-state index is 12.9. The third-order valence-corrected chi connectivity index (χ3v) is 5.81. The first kappa shape index (κ1) is 23.6. The van der Waals surface area contributed by atoms with Crippen LogP contribution in [0.2, 0.25) is 5.02 Å². The van der Waals surface area contributed by atoms with Gasteiger partial charge in [0.2, 0.25) is 5.91 Å². The second-order valence-electron chi connectivity index (χ2n) is 7.29. The van der Waals surface area contributed by atoms with E-state index in [9.17, 15) is 22.8 Å². The summed E-state index contributed by atoms with van der Waals surface area (Å²) in [7, 11) is 0. The SMILES string of the molecule is O=C(Nc1cc2cn(CC(=O)N3CC(N(Cl)Cl)C3)nc2cc1Cl)c1cccc(C(F)(F)F)n1. The van der Waals surface area contributed by atoms with Crippen LogP contribution < -0.4 is 5.32 Å². The number of fused-ring (bicyclic) bond motifs is 1. The summed E-state index contributed by atoms with van der Waals surface area (Å²) in [6.07, 6.45) is -3.09. The number of aromatic nitrogens is 3. The molecule has 174 valence electrons. The highest BCUT2D eigenvalue weighted by Gasteiger charge is 2.34. The lowest BCUT2D eigenvalue weighted by Crippen LogP contribution is -2.57. The van der Waals surface area contributed by atoms with Crippen LogP contribution >= 0.6 is 35.2 Å². The van der Waals surface area contributed by atoms with E-state index in [0.29, 0.717) is 24.0 Å². The van der Waals surface area contributed by atoms with Crippen LogP contribution in [0.5, 0.6) is 0 Å². The molecule has 2 amide bonds. The van der Waals surface area contributed by atoms with Gasteiger partial charge in [-0.2, -0.15) is 18.3 Å².